The number of fused-ring (bicyclic) bond motifs is 1. The second kappa shape index (κ2) is 7.75. The third kappa shape index (κ3) is 3.62. The Labute approximate surface area is 171 Å². The van der Waals surface area contributed by atoms with Crippen molar-refractivity contribution < 1.29 is 9.18 Å². The zero-order valence-corrected chi connectivity index (χ0v) is 17.4. The van der Waals surface area contributed by atoms with Gasteiger partial charge in [-0.2, -0.15) is 5.10 Å². The normalized spacial score (nSPS) is 24.1. The number of hydrogen-bond acceptors (Lipinski definition) is 3. The summed E-state index contributed by atoms with van der Waals surface area (Å²) >= 11 is 0. The molecule has 1 aromatic heterocycles. The molecule has 3 heterocycles. The van der Waals surface area contributed by atoms with E-state index in [0.29, 0.717) is 18.4 Å². The molecule has 4 rings (SSSR count). The summed E-state index contributed by atoms with van der Waals surface area (Å²) in [5.74, 6) is 0.559. The van der Waals surface area contributed by atoms with Gasteiger partial charge in [0.1, 0.15) is 5.82 Å². The molecule has 0 unspecified atom stereocenters. The highest BCUT2D eigenvalue weighted by atomic mass is 19.1. The Balaban J connectivity index is 1.55. The SMILES string of the molecule is C=CCn1nc(C)c(CN2C[C@@H]3CN(C(C)=O)[C@H](c4cccc(F)c4)[C@@H]3C2)c1C. The second-order valence-corrected chi connectivity index (χ2v) is 8.41. The van der Waals surface area contributed by atoms with Crippen LogP contribution in [0.15, 0.2) is 36.9 Å². The molecule has 154 valence electrons. The molecule has 0 radical (unpaired) electrons. The third-order valence-corrected chi connectivity index (χ3v) is 6.55. The molecule has 5 nitrogen and oxygen atoms in total. The first-order chi connectivity index (χ1) is 13.9. The van der Waals surface area contributed by atoms with E-state index >= 15 is 0 Å². The first-order valence-electron chi connectivity index (χ1n) is 10.3. The monoisotopic (exact) mass is 396 g/mol. The minimum absolute atomic E-state index is 0.0520. The maximum absolute atomic E-state index is 13.9. The smallest absolute Gasteiger partial charge is 0.219 e. The van der Waals surface area contributed by atoms with Crippen LogP contribution in [0.1, 0.15) is 35.5 Å². The Morgan fingerprint density at radius 3 is 2.79 bits per heavy atom. The lowest BCUT2D eigenvalue weighted by Gasteiger charge is -2.29. The van der Waals surface area contributed by atoms with Crippen molar-refractivity contribution in [2.24, 2.45) is 11.8 Å². The summed E-state index contributed by atoms with van der Waals surface area (Å²) in [6.07, 6.45) is 1.86. The van der Waals surface area contributed by atoms with E-state index in [2.05, 4.69) is 30.4 Å². The number of carbonyl (C=O) groups excluding carboxylic acids is 1. The van der Waals surface area contributed by atoms with Gasteiger partial charge in [-0.3, -0.25) is 14.4 Å². The van der Waals surface area contributed by atoms with E-state index in [1.165, 1.54) is 17.3 Å². The fraction of sp³-hybridized carbons (Fsp3) is 0.478. The molecule has 3 atom stereocenters. The van der Waals surface area contributed by atoms with E-state index in [1.807, 2.05) is 21.7 Å². The number of aromatic nitrogens is 2. The van der Waals surface area contributed by atoms with Crippen molar-refractivity contribution in [3.8, 4) is 0 Å². The molecule has 2 aliphatic heterocycles. The molecule has 0 saturated carbocycles. The summed E-state index contributed by atoms with van der Waals surface area (Å²) in [6, 6.07) is 6.68. The molecule has 1 aromatic carbocycles. The van der Waals surface area contributed by atoms with Crippen LogP contribution in [0.3, 0.4) is 0 Å². The lowest BCUT2D eigenvalue weighted by atomic mass is 9.89. The summed E-state index contributed by atoms with van der Waals surface area (Å²) in [6.45, 7) is 13.8. The van der Waals surface area contributed by atoms with Gasteiger partial charge in [0.25, 0.3) is 0 Å². The van der Waals surface area contributed by atoms with Gasteiger partial charge >= 0.3 is 0 Å². The van der Waals surface area contributed by atoms with E-state index in [0.717, 1.165) is 37.4 Å². The predicted octanol–water partition coefficient (Wildman–Crippen LogP) is 3.48. The maximum Gasteiger partial charge on any atom is 0.219 e. The summed E-state index contributed by atoms with van der Waals surface area (Å²) in [4.78, 5) is 16.7. The summed E-state index contributed by atoms with van der Waals surface area (Å²) < 4.78 is 15.9. The number of allylic oxidation sites excluding steroid dienone is 1. The van der Waals surface area contributed by atoms with Crippen molar-refractivity contribution in [3.63, 3.8) is 0 Å². The molecule has 6 heteroatoms. The molecular formula is C23H29FN4O. The average molecular weight is 397 g/mol. The van der Waals surface area contributed by atoms with Crippen molar-refractivity contribution in [2.45, 2.75) is 39.9 Å². The molecule has 0 aliphatic carbocycles. The fourth-order valence-corrected chi connectivity index (χ4v) is 5.19. The molecule has 2 aliphatic rings. The van der Waals surface area contributed by atoms with Crippen LogP contribution in [-0.2, 0) is 17.9 Å². The zero-order valence-electron chi connectivity index (χ0n) is 17.4. The number of hydrogen-bond donors (Lipinski definition) is 0. The molecule has 2 saturated heterocycles. The van der Waals surface area contributed by atoms with E-state index in [1.54, 1.807) is 19.1 Å². The average Bonchev–Trinajstić information content (AvgIpc) is 3.29. The molecular weight excluding hydrogens is 367 g/mol. The zero-order chi connectivity index (χ0) is 20.7. The van der Waals surface area contributed by atoms with Crippen LogP contribution in [0.25, 0.3) is 0 Å². The number of carbonyl (C=O) groups is 1. The van der Waals surface area contributed by atoms with E-state index < -0.39 is 0 Å². The van der Waals surface area contributed by atoms with Crippen molar-refractivity contribution in [3.05, 3.63) is 65.3 Å². The van der Waals surface area contributed by atoms with Gasteiger partial charge in [0.05, 0.1) is 18.3 Å². The first kappa shape index (κ1) is 19.8. The van der Waals surface area contributed by atoms with Crippen LogP contribution in [0.4, 0.5) is 4.39 Å². The Kier molecular flexibility index (Phi) is 5.30. The third-order valence-electron chi connectivity index (χ3n) is 6.55. The lowest BCUT2D eigenvalue weighted by molar-refractivity contribution is -0.130. The van der Waals surface area contributed by atoms with Crippen molar-refractivity contribution in [1.82, 2.24) is 19.6 Å². The highest BCUT2D eigenvalue weighted by Gasteiger charge is 2.48. The number of nitrogens with zero attached hydrogens (tertiary/aromatic N) is 4. The number of likely N-dealkylation sites (tertiary alicyclic amines) is 2. The van der Waals surface area contributed by atoms with Gasteiger partial charge in [0.2, 0.25) is 5.91 Å². The molecule has 2 fully saturated rings. The molecule has 1 amide bonds. The second-order valence-electron chi connectivity index (χ2n) is 8.41. The van der Waals surface area contributed by atoms with Gasteiger partial charge in [-0.05, 0) is 37.5 Å². The van der Waals surface area contributed by atoms with Crippen LogP contribution in [0, 0.1) is 31.5 Å². The molecule has 29 heavy (non-hydrogen) atoms. The van der Waals surface area contributed by atoms with E-state index in [9.17, 15) is 9.18 Å². The highest BCUT2D eigenvalue weighted by Crippen LogP contribution is 2.45. The summed E-state index contributed by atoms with van der Waals surface area (Å²) in [7, 11) is 0. The van der Waals surface area contributed by atoms with Crippen LogP contribution in [0.2, 0.25) is 0 Å². The van der Waals surface area contributed by atoms with Crippen LogP contribution >= 0.6 is 0 Å². The number of rotatable bonds is 5. The van der Waals surface area contributed by atoms with Gasteiger partial charge in [-0.1, -0.05) is 18.2 Å². The fourth-order valence-electron chi connectivity index (χ4n) is 5.19. The Morgan fingerprint density at radius 1 is 1.31 bits per heavy atom. The summed E-state index contributed by atoms with van der Waals surface area (Å²) in [5, 5.41) is 4.65. The van der Waals surface area contributed by atoms with Gasteiger partial charge < -0.3 is 4.90 Å². The number of halogens is 1. The lowest BCUT2D eigenvalue weighted by Crippen LogP contribution is -2.34. The minimum Gasteiger partial charge on any atom is -0.335 e. The molecule has 0 spiro atoms. The summed E-state index contributed by atoms with van der Waals surface area (Å²) in [5.41, 5.74) is 4.43. The number of benzene rings is 1. The van der Waals surface area contributed by atoms with Crippen LogP contribution < -0.4 is 0 Å². The predicted molar refractivity (Wildman–Crippen MR) is 111 cm³/mol. The van der Waals surface area contributed by atoms with Gasteiger partial charge in [0.15, 0.2) is 0 Å². The minimum atomic E-state index is -0.245. The quantitative estimate of drug-likeness (QED) is 0.727. The Hall–Kier alpha value is -2.47. The maximum atomic E-state index is 13.9. The van der Waals surface area contributed by atoms with Crippen molar-refractivity contribution >= 4 is 5.91 Å². The van der Waals surface area contributed by atoms with Gasteiger partial charge in [-0.25, -0.2) is 4.39 Å². The topological polar surface area (TPSA) is 41.4 Å². The van der Waals surface area contributed by atoms with Gasteiger partial charge in [-0.15, -0.1) is 6.58 Å². The van der Waals surface area contributed by atoms with E-state index in [-0.39, 0.29) is 17.8 Å². The van der Waals surface area contributed by atoms with Crippen LogP contribution in [-0.4, -0.2) is 45.1 Å². The van der Waals surface area contributed by atoms with Gasteiger partial charge in [0, 0.05) is 50.3 Å². The molecule has 0 bridgehead atoms. The highest BCUT2D eigenvalue weighted by molar-refractivity contribution is 5.74. The Bertz CT molecular complexity index is 937. The largest absolute Gasteiger partial charge is 0.335 e. The Morgan fingerprint density at radius 2 is 2.10 bits per heavy atom. The first-order valence-corrected chi connectivity index (χ1v) is 10.3. The van der Waals surface area contributed by atoms with Crippen LogP contribution in [0.5, 0.6) is 0 Å². The van der Waals surface area contributed by atoms with E-state index in [4.69, 9.17) is 0 Å². The van der Waals surface area contributed by atoms with Crippen molar-refractivity contribution in [2.75, 3.05) is 19.6 Å². The standard InChI is InChI=1S/C23H29FN4O/c1-5-9-28-16(3)21(15(2)25-28)13-26-11-19-12-27(17(4)29)23(22(19)14-26)18-7-6-8-20(24)10-18/h5-8,10,19,22-23H,1,9,11-14H2,2-4H3/t19-,22-,23-/m1/s1. The number of amides is 1. The number of aryl methyl sites for hydroxylation is 1. The molecule has 0 N–H and O–H groups in total. The molecule has 2 aromatic rings. The van der Waals surface area contributed by atoms with Crippen molar-refractivity contribution in [1.29, 1.82) is 0 Å².